The van der Waals surface area contributed by atoms with Gasteiger partial charge in [0.15, 0.2) is 5.69 Å². The highest BCUT2D eigenvalue weighted by atomic mass is 16.4. The zero-order valence-corrected chi connectivity index (χ0v) is 10.7. The molecule has 0 radical (unpaired) electrons. The van der Waals surface area contributed by atoms with Crippen molar-refractivity contribution in [2.75, 3.05) is 0 Å². The first-order valence-electron chi connectivity index (χ1n) is 6.07. The maximum absolute atomic E-state index is 11.3. The summed E-state index contributed by atoms with van der Waals surface area (Å²) in [6, 6.07) is 10.2. The first-order chi connectivity index (χ1) is 9.56. The lowest BCUT2D eigenvalue weighted by molar-refractivity contribution is 0.0693. The number of hydrogen-bond acceptors (Lipinski definition) is 3. The Hall–Kier alpha value is -2.82. The number of phenols is 1. The number of carboxylic acid groups (broad SMARTS) is 1. The second-order valence-corrected chi connectivity index (χ2v) is 4.60. The highest BCUT2D eigenvalue weighted by molar-refractivity contribution is 5.95. The number of carboxylic acids is 1. The van der Waals surface area contributed by atoms with Crippen LogP contribution in [0.5, 0.6) is 5.75 Å². The van der Waals surface area contributed by atoms with E-state index in [-0.39, 0.29) is 11.4 Å². The van der Waals surface area contributed by atoms with Crippen LogP contribution >= 0.6 is 0 Å². The molecule has 100 valence electrons. The second kappa shape index (κ2) is 4.38. The third-order valence-corrected chi connectivity index (χ3v) is 3.13. The van der Waals surface area contributed by atoms with Crippen LogP contribution in [0.2, 0.25) is 0 Å². The van der Waals surface area contributed by atoms with Gasteiger partial charge in [-0.25, -0.2) is 9.78 Å². The second-order valence-electron chi connectivity index (χ2n) is 4.60. The third kappa shape index (κ3) is 1.89. The van der Waals surface area contributed by atoms with Crippen LogP contribution in [0.25, 0.3) is 16.9 Å². The normalized spacial score (nSPS) is 10.8. The highest BCUT2D eigenvalue weighted by Gasteiger charge is 2.17. The Morgan fingerprint density at radius 3 is 2.55 bits per heavy atom. The maximum Gasteiger partial charge on any atom is 0.356 e. The van der Waals surface area contributed by atoms with Crippen LogP contribution in [-0.2, 0) is 0 Å². The van der Waals surface area contributed by atoms with Crippen LogP contribution in [0, 0.1) is 6.92 Å². The Kier molecular flexibility index (Phi) is 2.68. The molecular weight excluding hydrogens is 256 g/mol. The number of phenolic OH excluding ortho intramolecular Hbond substituents is 1. The molecule has 0 aliphatic carbocycles. The topological polar surface area (TPSA) is 74.8 Å². The summed E-state index contributed by atoms with van der Waals surface area (Å²) in [5, 5.41) is 18.6. The summed E-state index contributed by atoms with van der Waals surface area (Å²) in [5.74, 6) is -0.362. The van der Waals surface area contributed by atoms with Crippen molar-refractivity contribution in [3.05, 3.63) is 53.9 Å². The predicted octanol–water partition coefficient (Wildman–Crippen LogP) is 2.71. The summed E-state index contributed by atoms with van der Waals surface area (Å²) >= 11 is 0. The molecule has 1 aromatic carbocycles. The Morgan fingerprint density at radius 1 is 1.20 bits per heavy atom. The number of benzene rings is 1. The summed E-state index contributed by atoms with van der Waals surface area (Å²) in [7, 11) is 0. The average Bonchev–Trinajstić information content (AvgIpc) is 2.78. The average molecular weight is 268 g/mol. The van der Waals surface area contributed by atoms with E-state index >= 15 is 0 Å². The number of nitrogens with zero attached hydrogens (tertiary/aromatic N) is 2. The van der Waals surface area contributed by atoms with Gasteiger partial charge in [-0.1, -0.05) is 0 Å². The van der Waals surface area contributed by atoms with E-state index in [1.54, 1.807) is 40.9 Å². The molecule has 0 saturated heterocycles. The lowest BCUT2D eigenvalue weighted by Crippen LogP contribution is -1.97. The molecule has 0 amide bonds. The molecule has 0 aliphatic heterocycles. The van der Waals surface area contributed by atoms with Crippen molar-refractivity contribution < 1.29 is 15.0 Å². The predicted molar refractivity (Wildman–Crippen MR) is 74.0 cm³/mol. The summed E-state index contributed by atoms with van der Waals surface area (Å²) < 4.78 is 1.74. The molecule has 2 heterocycles. The van der Waals surface area contributed by atoms with Crippen LogP contribution in [-0.4, -0.2) is 25.6 Å². The van der Waals surface area contributed by atoms with E-state index in [4.69, 9.17) is 0 Å². The van der Waals surface area contributed by atoms with E-state index in [0.717, 1.165) is 11.1 Å². The molecule has 3 aromatic rings. The van der Waals surface area contributed by atoms with E-state index in [2.05, 4.69) is 4.98 Å². The number of aromatic nitrogens is 2. The molecular formula is C15H12N2O3. The molecule has 0 atom stereocenters. The minimum atomic E-state index is -1.06. The van der Waals surface area contributed by atoms with E-state index in [1.165, 1.54) is 0 Å². The number of fused-ring (bicyclic) bond motifs is 1. The number of aromatic hydroxyl groups is 1. The minimum absolute atomic E-state index is 0.0248. The van der Waals surface area contributed by atoms with Crippen LogP contribution in [0.4, 0.5) is 0 Å². The van der Waals surface area contributed by atoms with Gasteiger partial charge in [0, 0.05) is 11.8 Å². The molecule has 0 spiro atoms. The van der Waals surface area contributed by atoms with Gasteiger partial charge in [-0.3, -0.25) is 4.40 Å². The molecule has 0 aliphatic rings. The van der Waals surface area contributed by atoms with Crippen molar-refractivity contribution in [1.82, 2.24) is 9.38 Å². The monoisotopic (exact) mass is 268 g/mol. The molecule has 0 saturated carbocycles. The minimum Gasteiger partial charge on any atom is -0.508 e. The number of pyridine rings is 1. The van der Waals surface area contributed by atoms with Gasteiger partial charge in [-0.2, -0.15) is 0 Å². The largest absolute Gasteiger partial charge is 0.508 e. The summed E-state index contributed by atoms with van der Waals surface area (Å²) in [5.41, 5.74) is 2.30. The summed E-state index contributed by atoms with van der Waals surface area (Å²) in [6.07, 6.45) is 1.80. The fourth-order valence-electron chi connectivity index (χ4n) is 2.16. The first kappa shape index (κ1) is 12.2. The van der Waals surface area contributed by atoms with Gasteiger partial charge in [0.2, 0.25) is 0 Å². The smallest absolute Gasteiger partial charge is 0.356 e. The quantitative estimate of drug-likeness (QED) is 0.749. The lowest BCUT2D eigenvalue weighted by Gasteiger charge is -2.02. The molecule has 0 fully saturated rings. The zero-order valence-electron chi connectivity index (χ0n) is 10.7. The summed E-state index contributed by atoms with van der Waals surface area (Å²) in [4.78, 5) is 15.5. The molecule has 0 bridgehead atoms. The Bertz CT molecular complexity index is 804. The number of carbonyl (C=O) groups is 1. The van der Waals surface area contributed by atoms with E-state index in [9.17, 15) is 15.0 Å². The standard InChI is InChI=1S/C15H12N2O3/c1-9-6-7-17-12(8-9)13(15(19)20)16-14(17)10-2-4-11(18)5-3-10/h2-8,18H,1H3,(H,19,20). The van der Waals surface area contributed by atoms with Crippen molar-refractivity contribution in [1.29, 1.82) is 0 Å². The van der Waals surface area contributed by atoms with Gasteiger partial charge in [0.05, 0.1) is 5.52 Å². The fourth-order valence-corrected chi connectivity index (χ4v) is 2.16. The van der Waals surface area contributed by atoms with Gasteiger partial charge in [0.25, 0.3) is 0 Å². The molecule has 5 nitrogen and oxygen atoms in total. The van der Waals surface area contributed by atoms with Crippen LogP contribution in [0.3, 0.4) is 0 Å². The highest BCUT2D eigenvalue weighted by Crippen LogP contribution is 2.25. The van der Waals surface area contributed by atoms with Crippen molar-refractivity contribution in [3.63, 3.8) is 0 Å². The SMILES string of the molecule is Cc1ccn2c(-c3ccc(O)cc3)nc(C(=O)O)c2c1. The van der Waals surface area contributed by atoms with Crippen molar-refractivity contribution >= 4 is 11.5 Å². The molecule has 3 rings (SSSR count). The number of rotatable bonds is 2. The van der Waals surface area contributed by atoms with Crippen molar-refractivity contribution in [2.24, 2.45) is 0 Å². The maximum atomic E-state index is 11.3. The van der Waals surface area contributed by atoms with Crippen LogP contribution in [0.15, 0.2) is 42.6 Å². The van der Waals surface area contributed by atoms with Crippen LogP contribution in [0.1, 0.15) is 16.1 Å². The van der Waals surface area contributed by atoms with Crippen molar-refractivity contribution in [3.8, 4) is 17.1 Å². The van der Waals surface area contributed by atoms with E-state index < -0.39 is 5.97 Å². The van der Waals surface area contributed by atoms with Gasteiger partial charge in [0.1, 0.15) is 11.6 Å². The number of imidazole rings is 1. The molecule has 20 heavy (non-hydrogen) atoms. The first-order valence-corrected chi connectivity index (χ1v) is 6.07. The number of hydrogen-bond donors (Lipinski definition) is 2. The van der Waals surface area contributed by atoms with Crippen molar-refractivity contribution in [2.45, 2.75) is 6.92 Å². The van der Waals surface area contributed by atoms with E-state index in [1.807, 2.05) is 13.0 Å². The van der Waals surface area contributed by atoms with Gasteiger partial charge < -0.3 is 10.2 Å². The van der Waals surface area contributed by atoms with Crippen LogP contribution < -0.4 is 0 Å². The van der Waals surface area contributed by atoms with E-state index in [0.29, 0.717) is 11.3 Å². The number of aryl methyl sites for hydroxylation is 1. The van der Waals surface area contributed by atoms with Gasteiger partial charge in [-0.05, 0) is 48.9 Å². The molecule has 2 N–H and O–H groups in total. The Morgan fingerprint density at radius 2 is 1.90 bits per heavy atom. The number of aromatic carboxylic acids is 1. The summed E-state index contributed by atoms with van der Waals surface area (Å²) in [6.45, 7) is 1.90. The third-order valence-electron chi connectivity index (χ3n) is 3.13. The zero-order chi connectivity index (χ0) is 14.3. The molecule has 0 unspecified atom stereocenters. The lowest BCUT2D eigenvalue weighted by atomic mass is 10.2. The fraction of sp³-hybridized carbons (Fsp3) is 0.0667. The van der Waals surface area contributed by atoms with Gasteiger partial charge >= 0.3 is 5.97 Å². The Balaban J connectivity index is 2.31. The van der Waals surface area contributed by atoms with Gasteiger partial charge in [-0.15, -0.1) is 0 Å². The molecule has 2 aromatic heterocycles. The molecule has 5 heteroatoms. The Labute approximate surface area is 114 Å².